The lowest BCUT2D eigenvalue weighted by Crippen LogP contribution is -2.47. The first kappa shape index (κ1) is 22.8. The van der Waals surface area contributed by atoms with Crippen LogP contribution in [0.25, 0.3) is 0 Å². The molecule has 6 nitrogen and oxygen atoms in total. The molecule has 170 valence electrons. The van der Waals surface area contributed by atoms with Gasteiger partial charge in [-0.05, 0) is 79.4 Å². The van der Waals surface area contributed by atoms with Gasteiger partial charge in [0.1, 0.15) is 17.3 Å². The summed E-state index contributed by atoms with van der Waals surface area (Å²) in [5, 5.41) is 4.95. The average Bonchev–Trinajstić information content (AvgIpc) is 3.55. The van der Waals surface area contributed by atoms with E-state index >= 15 is 0 Å². The van der Waals surface area contributed by atoms with Gasteiger partial charge < -0.3 is 10.1 Å². The van der Waals surface area contributed by atoms with Crippen LogP contribution in [0, 0.1) is 5.82 Å². The fraction of sp³-hybridized carbons (Fsp3) is 0.240. The minimum Gasteiger partial charge on any atom is -0.457 e. The van der Waals surface area contributed by atoms with Crippen molar-refractivity contribution >= 4 is 34.6 Å². The first-order valence-corrected chi connectivity index (χ1v) is 11.6. The van der Waals surface area contributed by atoms with E-state index in [2.05, 4.69) is 5.32 Å². The molecule has 1 aromatic heterocycles. The quantitative estimate of drug-likeness (QED) is 0.475. The molecular weight excluding hydrogens is 443 g/mol. The van der Waals surface area contributed by atoms with Crippen LogP contribution in [0.5, 0.6) is 11.5 Å². The molecule has 1 N–H and O–H groups in total. The Balaban J connectivity index is 1.49. The van der Waals surface area contributed by atoms with E-state index in [1.165, 1.54) is 35.6 Å². The second-order valence-electron chi connectivity index (χ2n) is 7.67. The molecule has 1 unspecified atom stereocenters. The molecule has 0 bridgehead atoms. The maximum Gasteiger partial charge on any atom is 0.250 e. The number of halogens is 1. The third-order valence-electron chi connectivity index (χ3n) is 5.33. The summed E-state index contributed by atoms with van der Waals surface area (Å²) in [5.74, 6) is -0.275. The number of anilines is 1. The van der Waals surface area contributed by atoms with Crippen LogP contribution in [0.3, 0.4) is 0 Å². The average molecular weight is 467 g/mol. The third kappa shape index (κ3) is 5.71. The highest BCUT2D eigenvalue weighted by Crippen LogP contribution is 2.26. The highest BCUT2D eigenvalue weighted by atomic mass is 32.1. The zero-order valence-electron chi connectivity index (χ0n) is 17.8. The van der Waals surface area contributed by atoms with E-state index in [0.29, 0.717) is 28.5 Å². The summed E-state index contributed by atoms with van der Waals surface area (Å²) in [6.45, 7) is 0.722. The fourth-order valence-corrected chi connectivity index (χ4v) is 4.33. The van der Waals surface area contributed by atoms with Gasteiger partial charge in [-0.2, -0.15) is 0 Å². The third-order valence-corrected chi connectivity index (χ3v) is 6.25. The number of benzene rings is 2. The molecule has 8 heteroatoms. The smallest absolute Gasteiger partial charge is 0.250 e. The number of nitrogens with one attached hydrogen (secondary N) is 1. The SMILES string of the molecule is O=C(CCC(=O)N(C(=O)C1CCCN1)c1ccc(Oc2ccc(F)cc2)cc1)c1cccs1. The fourth-order valence-electron chi connectivity index (χ4n) is 3.64. The number of ketones is 1. The first-order valence-electron chi connectivity index (χ1n) is 10.7. The summed E-state index contributed by atoms with van der Waals surface area (Å²) in [6.07, 6.45) is 1.48. The first-order chi connectivity index (χ1) is 16.0. The molecule has 1 fully saturated rings. The van der Waals surface area contributed by atoms with E-state index in [0.717, 1.165) is 17.9 Å². The van der Waals surface area contributed by atoms with Gasteiger partial charge in [-0.1, -0.05) is 6.07 Å². The molecule has 1 saturated heterocycles. The maximum atomic E-state index is 13.2. The number of hydrogen-bond acceptors (Lipinski definition) is 6. The number of hydrogen-bond donors (Lipinski definition) is 1. The molecule has 2 aromatic carbocycles. The van der Waals surface area contributed by atoms with Crippen LogP contribution in [-0.4, -0.2) is 30.2 Å². The Labute approximate surface area is 195 Å². The Kier molecular flexibility index (Phi) is 7.26. The van der Waals surface area contributed by atoms with Crippen molar-refractivity contribution in [3.8, 4) is 11.5 Å². The van der Waals surface area contributed by atoms with Crippen molar-refractivity contribution in [1.29, 1.82) is 0 Å². The molecule has 2 heterocycles. The van der Waals surface area contributed by atoms with Crippen molar-refractivity contribution < 1.29 is 23.5 Å². The summed E-state index contributed by atoms with van der Waals surface area (Å²) in [6, 6.07) is 15.3. The highest BCUT2D eigenvalue weighted by Gasteiger charge is 2.32. The number of Topliss-reactive ketones (excluding diaryl/α,β-unsaturated/α-hetero) is 1. The van der Waals surface area contributed by atoms with Gasteiger partial charge in [-0.25, -0.2) is 9.29 Å². The molecule has 1 aliphatic rings. The van der Waals surface area contributed by atoms with Crippen LogP contribution in [0.1, 0.15) is 35.4 Å². The number of thiophene rings is 1. The molecule has 0 spiro atoms. The van der Waals surface area contributed by atoms with Gasteiger partial charge in [0.15, 0.2) is 5.78 Å². The summed E-state index contributed by atoms with van der Waals surface area (Å²) >= 11 is 1.33. The van der Waals surface area contributed by atoms with E-state index < -0.39 is 11.9 Å². The van der Waals surface area contributed by atoms with Gasteiger partial charge in [-0.3, -0.25) is 14.4 Å². The predicted molar refractivity (Wildman–Crippen MR) is 124 cm³/mol. The van der Waals surface area contributed by atoms with Crippen molar-refractivity contribution in [1.82, 2.24) is 5.32 Å². The highest BCUT2D eigenvalue weighted by molar-refractivity contribution is 7.12. The van der Waals surface area contributed by atoms with Crippen molar-refractivity contribution in [2.75, 3.05) is 11.4 Å². The largest absolute Gasteiger partial charge is 0.457 e. The Morgan fingerprint density at radius 3 is 2.30 bits per heavy atom. The van der Waals surface area contributed by atoms with Crippen LogP contribution < -0.4 is 15.0 Å². The van der Waals surface area contributed by atoms with Crippen molar-refractivity contribution in [2.45, 2.75) is 31.7 Å². The van der Waals surface area contributed by atoms with Crippen LogP contribution in [0.2, 0.25) is 0 Å². The molecule has 2 amide bonds. The predicted octanol–water partition coefficient (Wildman–Crippen LogP) is 4.95. The maximum absolute atomic E-state index is 13.2. The summed E-state index contributed by atoms with van der Waals surface area (Å²) in [4.78, 5) is 40.3. The second kappa shape index (κ2) is 10.5. The number of carbonyl (C=O) groups is 3. The van der Waals surface area contributed by atoms with Gasteiger partial charge in [0.25, 0.3) is 5.91 Å². The molecular formula is C25H23FN2O4S. The minimum absolute atomic E-state index is 0.0347. The lowest BCUT2D eigenvalue weighted by molar-refractivity contribution is -0.127. The van der Waals surface area contributed by atoms with E-state index in [4.69, 9.17) is 4.74 Å². The Bertz CT molecular complexity index is 1110. The summed E-state index contributed by atoms with van der Waals surface area (Å²) in [5.41, 5.74) is 0.411. The second-order valence-corrected chi connectivity index (χ2v) is 8.61. The van der Waals surface area contributed by atoms with Gasteiger partial charge in [-0.15, -0.1) is 11.3 Å². The molecule has 0 radical (unpaired) electrons. The lowest BCUT2D eigenvalue weighted by Gasteiger charge is -2.24. The van der Waals surface area contributed by atoms with Crippen LogP contribution >= 0.6 is 11.3 Å². The van der Waals surface area contributed by atoms with Crippen molar-refractivity contribution in [3.63, 3.8) is 0 Å². The summed E-state index contributed by atoms with van der Waals surface area (Å²) in [7, 11) is 0. The van der Waals surface area contributed by atoms with Crippen LogP contribution in [0.4, 0.5) is 10.1 Å². The number of rotatable bonds is 8. The molecule has 1 atom stereocenters. The van der Waals surface area contributed by atoms with E-state index in [1.54, 1.807) is 36.4 Å². The molecule has 4 rings (SSSR count). The number of ether oxygens (including phenoxy) is 1. The van der Waals surface area contributed by atoms with Gasteiger partial charge in [0.05, 0.1) is 16.6 Å². The molecule has 1 aliphatic heterocycles. The number of amides is 2. The van der Waals surface area contributed by atoms with Gasteiger partial charge in [0, 0.05) is 12.8 Å². The summed E-state index contributed by atoms with van der Waals surface area (Å²) < 4.78 is 18.8. The molecule has 0 aliphatic carbocycles. The molecule has 0 saturated carbocycles. The Morgan fingerprint density at radius 1 is 1.00 bits per heavy atom. The minimum atomic E-state index is -0.433. The van der Waals surface area contributed by atoms with Crippen molar-refractivity contribution in [3.05, 3.63) is 76.7 Å². The monoisotopic (exact) mass is 466 g/mol. The Morgan fingerprint density at radius 2 is 1.70 bits per heavy atom. The van der Waals surface area contributed by atoms with E-state index in [-0.39, 0.29) is 30.3 Å². The van der Waals surface area contributed by atoms with Crippen LogP contribution in [-0.2, 0) is 9.59 Å². The molecule has 3 aromatic rings. The lowest BCUT2D eigenvalue weighted by atomic mass is 10.1. The van der Waals surface area contributed by atoms with E-state index in [9.17, 15) is 18.8 Å². The number of nitrogens with zero attached hydrogens (tertiary/aromatic N) is 1. The topological polar surface area (TPSA) is 75.7 Å². The Hall–Kier alpha value is -3.36. The van der Waals surface area contributed by atoms with Gasteiger partial charge >= 0.3 is 0 Å². The van der Waals surface area contributed by atoms with Crippen LogP contribution in [0.15, 0.2) is 66.0 Å². The zero-order valence-corrected chi connectivity index (χ0v) is 18.6. The normalized spacial score (nSPS) is 15.2. The number of imide groups is 1. The molecule has 33 heavy (non-hydrogen) atoms. The van der Waals surface area contributed by atoms with E-state index in [1.807, 2.05) is 5.38 Å². The standard InChI is InChI=1S/C25H23FN2O4S/c26-17-5-9-19(10-6-17)32-20-11-7-18(8-12-20)28(25(31)21-3-1-15-27-21)24(30)14-13-22(29)23-4-2-16-33-23/h2,4-12,16,21,27H,1,3,13-15H2. The number of carbonyl (C=O) groups excluding carboxylic acids is 3. The zero-order chi connectivity index (χ0) is 23.2. The van der Waals surface area contributed by atoms with Crippen molar-refractivity contribution in [2.24, 2.45) is 0 Å². The van der Waals surface area contributed by atoms with Gasteiger partial charge in [0.2, 0.25) is 5.91 Å².